The number of carboxylic acids is 1. The Labute approximate surface area is 213 Å². The van der Waals surface area contributed by atoms with Crippen LogP contribution in [0, 0.1) is 6.92 Å². The molecule has 0 aliphatic heterocycles. The third-order valence-corrected chi connectivity index (χ3v) is 6.39. The number of ketones is 2. The number of Topliss-reactive ketones (excluding diaryl/α,β-unsaturated/α-hetero) is 2. The first-order valence-corrected chi connectivity index (χ1v) is 12.9. The number of nitrogens with zero attached hydrogens (tertiary/aromatic N) is 1. The minimum absolute atomic E-state index is 0.0649. The number of hydrogen-bond donors (Lipinski definition) is 1. The van der Waals surface area contributed by atoms with Crippen molar-refractivity contribution in [2.45, 2.75) is 78.2 Å². The number of carboxylic acid groups (broad SMARTS) is 1. The van der Waals surface area contributed by atoms with Crippen molar-refractivity contribution in [2.24, 2.45) is 0 Å². The molecule has 0 spiro atoms. The Morgan fingerprint density at radius 1 is 0.917 bits per heavy atom. The van der Waals surface area contributed by atoms with Crippen molar-refractivity contribution in [1.82, 2.24) is 4.57 Å². The zero-order chi connectivity index (χ0) is 25.9. The maximum atomic E-state index is 12.7. The van der Waals surface area contributed by atoms with Crippen LogP contribution >= 0.6 is 0 Å². The minimum atomic E-state index is -1.01. The average Bonchev–Trinajstić information content (AvgIpc) is 3.21. The fourth-order valence-corrected chi connectivity index (χ4v) is 4.38. The van der Waals surface area contributed by atoms with Crippen molar-refractivity contribution in [1.29, 1.82) is 0 Å². The Morgan fingerprint density at radius 3 is 2.36 bits per heavy atom. The number of carbonyl (C=O) groups is 3. The monoisotopic (exact) mass is 491 g/mol. The molecule has 1 N–H and O–H groups in total. The van der Waals surface area contributed by atoms with Crippen LogP contribution in [0.5, 0.6) is 5.75 Å². The molecule has 0 amide bonds. The van der Waals surface area contributed by atoms with Gasteiger partial charge < -0.3 is 14.4 Å². The summed E-state index contributed by atoms with van der Waals surface area (Å²) in [5.74, 6) is -0.705. The highest BCUT2D eigenvalue weighted by Gasteiger charge is 2.18. The van der Waals surface area contributed by atoms with Gasteiger partial charge in [-0.3, -0.25) is 14.4 Å². The first-order chi connectivity index (χ1) is 17.4. The highest BCUT2D eigenvalue weighted by molar-refractivity contribution is 6.09. The topological polar surface area (TPSA) is 85.6 Å². The third-order valence-electron chi connectivity index (χ3n) is 6.39. The molecule has 192 valence electrons. The van der Waals surface area contributed by atoms with Crippen molar-refractivity contribution >= 4 is 28.4 Å². The minimum Gasteiger partial charge on any atom is -0.486 e. The predicted octanol–water partition coefficient (Wildman–Crippen LogP) is 6.55. The van der Waals surface area contributed by atoms with E-state index in [-0.39, 0.29) is 37.6 Å². The van der Waals surface area contributed by atoms with Crippen LogP contribution in [0.15, 0.2) is 48.7 Å². The van der Waals surface area contributed by atoms with Crippen molar-refractivity contribution in [2.75, 3.05) is 6.61 Å². The summed E-state index contributed by atoms with van der Waals surface area (Å²) in [4.78, 5) is 36.2. The van der Waals surface area contributed by atoms with Crippen LogP contribution in [0.2, 0.25) is 0 Å². The largest absolute Gasteiger partial charge is 0.486 e. The number of carbonyl (C=O) groups excluding carboxylic acids is 2. The van der Waals surface area contributed by atoms with Crippen molar-refractivity contribution in [3.05, 3.63) is 65.4 Å². The Kier molecular flexibility index (Phi) is 10.3. The molecule has 6 nitrogen and oxygen atoms in total. The first-order valence-electron chi connectivity index (χ1n) is 12.9. The van der Waals surface area contributed by atoms with Gasteiger partial charge in [0, 0.05) is 29.1 Å². The fraction of sp³-hybridized carbons (Fsp3) is 0.433. The van der Waals surface area contributed by atoms with Crippen molar-refractivity contribution in [3.8, 4) is 5.75 Å². The molecule has 3 rings (SSSR count). The van der Waals surface area contributed by atoms with E-state index in [9.17, 15) is 14.4 Å². The van der Waals surface area contributed by atoms with Crippen molar-refractivity contribution in [3.63, 3.8) is 0 Å². The number of aliphatic carboxylic acids is 1. The fourth-order valence-electron chi connectivity index (χ4n) is 4.38. The Bertz CT molecular complexity index is 1180. The summed E-state index contributed by atoms with van der Waals surface area (Å²) in [7, 11) is 0. The Morgan fingerprint density at radius 2 is 1.64 bits per heavy atom. The normalized spacial score (nSPS) is 11.1. The van der Waals surface area contributed by atoms with E-state index in [1.807, 2.05) is 37.3 Å². The SMILES string of the molecule is CCCCCCCCc1ccc(OCC(=O)Cn2cc(C(=O)CCC(=O)O)c3cc(C)ccc32)cc1. The van der Waals surface area contributed by atoms with E-state index in [0.29, 0.717) is 11.3 Å². The Hall–Kier alpha value is -3.41. The second-order valence-electron chi connectivity index (χ2n) is 9.50. The first kappa shape index (κ1) is 27.2. The molecule has 0 aliphatic carbocycles. The molecule has 0 radical (unpaired) electrons. The van der Waals surface area contributed by atoms with Gasteiger partial charge >= 0.3 is 5.97 Å². The number of hydrogen-bond acceptors (Lipinski definition) is 4. The highest BCUT2D eigenvalue weighted by atomic mass is 16.5. The molecule has 0 unspecified atom stereocenters. The summed E-state index contributed by atoms with van der Waals surface area (Å²) in [6, 6.07) is 13.6. The lowest BCUT2D eigenvalue weighted by atomic mass is 10.0. The molecule has 0 fully saturated rings. The molecule has 0 saturated heterocycles. The lowest BCUT2D eigenvalue weighted by molar-refractivity contribution is -0.137. The van der Waals surface area contributed by atoms with Crippen LogP contribution in [0.1, 0.15) is 79.8 Å². The molecule has 0 saturated carbocycles. The lowest BCUT2D eigenvalue weighted by Crippen LogP contribution is -2.17. The van der Waals surface area contributed by atoms with E-state index < -0.39 is 5.97 Å². The van der Waals surface area contributed by atoms with E-state index >= 15 is 0 Å². The third kappa shape index (κ3) is 8.08. The quantitative estimate of drug-likeness (QED) is 0.181. The summed E-state index contributed by atoms with van der Waals surface area (Å²) >= 11 is 0. The summed E-state index contributed by atoms with van der Waals surface area (Å²) in [6.45, 7) is 4.17. The van der Waals surface area contributed by atoms with Gasteiger partial charge in [0.2, 0.25) is 0 Å². The smallest absolute Gasteiger partial charge is 0.303 e. The summed E-state index contributed by atoms with van der Waals surface area (Å²) in [6.07, 6.45) is 10.1. The molecule has 36 heavy (non-hydrogen) atoms. The molecule has 0 atom stereocenters. The zero-order valence-corrected chi connectivity index (χ0v) is 21.4. The van der Waals surface area contributed by atoms with Gasteiger partial charge in [-0.2, -0.15) is 0 Å². The van der Waals surface area contributed by atoms with E-state index in [2.05, 4.69) is 19.1 Å². The van der Waals surface area contributed by atoms with E-state index in [4.69, 9.17) is 9.84 Å². The summed E-state index contributed by atoms with van der Waals surface area (Å²) in [5.41, 5.74) is 3.48. The van der Waals surface area contributed by atoms with Gasteiger partial charge in [-0.1, -0.05) is 62.8 Å². The molecule has 1 aromatic heterocycles. The maximum Gasteiger partial charge on any atom is 0.303 e. The average molecular weight is 492 g/mol. The van der Waals surface area contributed by atoms with E-state index in [1.54, 1.807) is 10.8 Å². The zero-order valence-electron chi connectivity index (χ0n) is 21.4. The molecular formula is C30H37NO5. The summed E-state index contributed by atoms with van der Waals surface area (Å²) in [5, 5.41) is 9.65. The van der Waals surface area contributed by atoms with Crippen LogP contribution in [0.25, 0.3) is 10.9 Å². The van der Waals surface area contributed by atoms with Gasteiger partial charge in [-0.15, -0.1) is 0 Å². The molecule has 3 aromatic rings. The number of rotatable bonds is 16. The number of ether oxygens (including phenoxy) is 1. The van der Waals surface area contributed by atoms with Crippen LogP contribution < -0.4 is 4.74 Å². The lowest BCUT2D eigenvalue weighted by Gasteiger charge is -2.08. The van der Waals surface area contributed by atoms with Crippen LogP contribution in [0.3, 0.4) is 0 Å². The van der Waals surface area contributed by atoms with Gasteiger partial charge in [0.1, 0.15) is 12.4 Å². The van der Waals surface area contributed by atoms with Gasteiger partial charge in [0.25, 0.3) is 0 Å². The molecule has 0 bridgehead atoms. The molecule has 0 aliphatic rings. The number of aromatic nitrogens is 1. The van der Waals surface area contributed by atoms with Crippen LogP contribution in [0.4, 0.5) is 0 Å². The second-order valence-corrected chi connectivity index (χ2v) is 9.50. The molecule has 2 aromatic carbocycles. The highest BCUT2D eigenvalue weighted by Crippen LogP contribution is 2.25. The molecular weight excluding hydrogens is 454 g/mol. The van der Waals surface area contributed by atoms with Crippen LogP contribution in [-0.2, 0) is 22.6 Å². The van der Waals surface area contributed by atoms with Crippen LogP contribution in [-0.4, -0.2) is 33.8 Å². The maximum absolute atomic E-state index is 12.7. The predicted molar refractivity (Wildman–Crippen MR) is 142 cm³/mol. The Balaban J connectivity index is 1.55. The van der Waals surface area contributed by atoms with E-state index in [1.165, 1.54) is 44.1 Å². The second kappa shape index (κ2) is 13.6. The van der Waals surface area contributed by atoms with E-state index in [0.717, 1.165) is 22.9 Å². The molecule has 6 heteroatoms. The van der Waals surface area contributed by atoms with Gasteiger partial charge in [0.05, 0.1) is 13.0 Å². The molecule has 1 heterocycles. The van der Waals surface area contributed by atoms with Gasteiger partial charge in [-0.05, 0) is 49.6 Å². The summed E-state index contributed by atoms with van der Waals surface area (Å²) < 4.78 is 7.47. The number of unbranched alkanes of at least 4 members (excludes halogenated alkanes) is 5. The van der Waals surface area contributed by atoms with Gasteiger partial charge in [-0.25, -0.2) is 0 Å². The standard InChI is InChI=1S/C30H37NO5/c1-3-4-5-6-7-8-9-23-11-13-25(14-12-23)36-21-24(32)19-31-20-27(29(33)16-17-30(34)35)26-18-22(2)10-15-28(26)31/h10-15,18,20H,3-9,16-17,19,21H2,1-2H3,(H,34,35). The van der Waals surface area contributed by atoms with Gasteiger partial charge in [0.15, 0.2) is 11.6 Å². The number of benzene rings is 2. The number of aryl methyl sites for hydroxylation is 2. The van der Waals surface area contributed by atoms with Crippen molar-refractivity contribution < 1.29 is 24.2 Å². The number of fused-ring (bicyclic) bond motifs is 1.